The highest BCUT2D eigenvalue weighted by atomic mass is 35.5. The van der Waals surface area contributed by atoms with Crippen molar-refractivity contribution in [1.29, 1.82) is 0 Å². The maximum Gasteiger partial charge on any atom is 0.335 e. The lowest BCUT2D eigenvalue weighted by atomic mass is 10.2. The molecular weight excluding hydrogens is 357 g/mol. The van der Waals surface area contributed by atoms with E-state index in [-0.39, 0.29) is 23.7 Å². The fraction of sp³-hybridized carbons (Fsp3) is 0.125. The van der Waals surface area contributed by atoms with Crippen molar-refractivity contribution in [2.24, 2.45) is 0 Å². The molecule has 0 heterocycles. The molecule has 0 radical (unpaired) electrons. The third kappa shape index (κ3) is 4.53. The molecule has 0 fully saturated rings. The van der Waals surface area contributed by atoms with E-state index in [0.29, 0.717) is 15.7 Å². The number of benzene rings is 2. The average molecular weight is 370 g/mol. The molecule has 0 aromatic heterocycles. The number of hydrogen-bond donors (Lipinski definition) is 2. The highest BCUT2D eigenvalue weighted by molar-refractivity contribution is 6.42. The van der Waals surface area contributed by atoms with Gasteiger partial charge in [0.05, 0.1) is 22.7 Å². The summed E-state index contributed by atoms with van der Waals surface area (Å²) in [5.74, 6) is -1.03. The Morgan fingerprint density at radius 1 is 1.08 bits per heavy atom. The molecule has 0 unspecified atom stereocenters. The lowest BCUT2D eigenvalue weighted by Gasteiger charge is -2.11. The van der Waals surface area contributed by atoms with Crippen molar-refractivity contribution in [1.82, 2.24) is 0 Å². The first-order chi connectivity index (χ1) is 11.4. The number of aromatic carboxylic acids is 1. The Labute approximate surface area is 147 Å². The normalized spacial score (nSPS) is 10.1. The molecule has 0 bridgehead atoms. The predicted molar refractivity (Wildman–Crippen MR) is 90.5 cm³/mol. The van der Waals surface area contributed by atoms with Crippen molar-refractivity contribution in [2.45, 2.75) is 0 Å². The number of ether oxygens (including phenoxy) is 2. The Balaban J connectivity index is 2.00. The number of methoxy groups -OCH3 is 1. The van der Waals surface area contributed by atoms with Gasteiger partial charge < -0.3 is 19.9 Å². The van der Waals surface area contributed by atoms with Crippen molar-refractivity contribution < 1.29 is 24.2 Å². The molecule has 2 aromatic carbocycles. The van der Waals surface area contributed by atoms with Crippen molar-refractivity contribution in [3.8, 4) is 11.5 Å². The molecule has 6 nitrogen and oxygen atoms in total. The van der Waals surface area contributed by atoms with Gasteiger partial charge in [-0.25, -0.2) is 4.79 Å². The second kappa shape index (κ2) is 7.90. The Morgan fingerprint density at radius 3 is 2.46 bits per heavy atom. The fourth-order valence-corrected chi connectivity index (χ4v) is 2.13. The smallest absolute Gasteiger partial charge is 0.335 e. The summed E-state index contributed by atoms with van der Waals surface area (Å²) in [5.41, 5.74) is 0.533. The van der Waals surface area contributed by atoms with Crippen LogP contribution in [0.1, 0.15) is 10.4 Å². The summed E-state index contributed by atoms with van der Waals surface area (Å²) in [6, 6.07) is 8.78. The minimum absolute atomic E-state index is 0.0551. The molecule has 8 heteroatoms. The average Bonchev–Trinajstić information content (AvgIpc) is 2.56. The van der Waals surface area contributed by atoms with Crippen LogP contribution in [0.2, 0.25) is 10.0 Å². The van der Waals surface area contributed by atoms with Crippen molar-refractivity contribution >= 4 is 40.8 Å². The molecule has 1 amide bonds. The fourth-order valence-electron chi connectivity index (χ4n) is 1.83. The van der Waals surface area contributed by atoms with Crippen LogP contribution in [0.3, 0.4) is 0 Å². The topological polar surface area (TPSA) is 84.9 Å². The predicted octanol–water partition coefficient (Wildman–Crippen LogP) is 3.72. The third-order valence-corrected chi connectivity index (χ3v) is 3.71. The molecule has 126 valence electrons. The molecule has 0 atom stereocenters. The van der Waals surface area contributed by atoms with Gasteiger partial charge >= 0.3 is 5.97 Å². The monoisotopic (exact) mass is 369 g/mol. The maximum atomic E-state index is 11.9. The van der Waals surface area contributed by atoms with Crippen molar-refractivity contribution in [3.05, 3.63) is 52.0 Å². The molecule has 2 N–H and O–H groups in total. The van der Waals surface area contributed by atoms with Gasteiger partial charge in [0.15, 0.2) is 18.1 Å². The number of carbonyl (C=O) groups is 2. The highest BCUT2D eigenvalue weighted by Gasteiger charge is 2.12. The molecule has 0 saturated heterocycles. The summed E-state index contributed by atoms with van der Waals surface area (Å²) < 4.78 is 10.4. The number of carbonyl (C=O) groups excluding carboxylic acids is 1. The number of hydrogen-bond acceptors (Lipinski definition) is 4. The van der Waals surface area contributed by atoms with Crippen LogP contribution in [0, 0.1) is 0 Å². The summed E-state index contributed by atoms with van der Waals surface area (Å²) in [5, 5.41) is 12.2. The van der Waals surface area contributed by atoms with E-state index in [9.17, 15) is 9.59 Å². The quantitative estimate of drug-likeness (QED) is 0.810. The molecular formula is C16H13Cl2NO5. The van der Waals surface area contributed by atoms with Gasteiger partial charge in [0.2, 0.25) is 0 Å². The molecule has 0 spiro atoms. The van der Waals surface area contributed by atoms with Gasteiger partial charge in [-0.2, -0.15) is 0 Å². The number of nitrogens with one attached hydrogen (secondary N) is 1. The largest absolute Gasteiger partial charge is 0.493 e. The number of carboxylic acids is 1. The molecule has 2 aromatic rings. The van der Waals surface area contributed by atoms with E-state index >= 15 is 0 Å². The molecule has 0 saturated carbocycles. The lowest BCUT2D eigenvalue weighted by molar-refractivity contribution is -0.118. The van der Waals surface area contributed by atoms with Crippen LogP contribution < -0.4 is 14.8 Å². The van der Waals surface area contributed by atoms with Crippen LogP contribution in [-0.2, 0) is 4.79 Å². The van der Waals surface area contributed by atoms with Crippen LogP contribution in [0.5, 0.6) is 11.5 Å². The van der Waals surface area contributed by atoms with Crippen LogP contribution in [0.15, 0.2) is 36.4 Å². The van der Waals surface area contributed by atoms with Crippen LogP contribution >= 0.6 is 23.2 Å². The first-order valence-corrected chi connectivity index (χ1v) is 7.45. The summed E-state index contributed by atoms with van der Waals surface area (Å²) in [7, 11) is 1.38. The van der Waals surface area contributed by atoms with Crippen molar-refractivity contribution in [3.63, 3.8) is 0 Å². The minimum atomic E-state index is -1.09. The van der Waals surface area contributed by atoms with E-state index in [1.807, 2.05) is 0 Å². The number of rotatable bonds is 6. The zero-order valence-electron chi connectivity index (χ0n) is 12.5. The number of amides is 1. The Morgan fingerprint density at radius 2 is 1.83 bits per heavy atom. The summed E-state index contributed by atoms with van der Waals surface area (Å²) in [6.45, 7) is -0.289. The van der Waals surface area contributed by atoms with Crippen LogP contribution in [-0.4, -0.2) is 30.7 Å². The number of anilines is 1. The van der Waals surface area contributed by atoms with E-state index in [1.54, 1.807) is 12.1 Å². The van der Waals surface area contributed by atoms with Crippen LogP contribution in [0.4, 0.5) is 5.69 Å². The molecule has 24 heavy (non-hydrogen) atoms. The SMILES string of the molecule is COc1cc(C(=O)O)ccc1OCC(=O)Nc1ccc(Cl)c(Cl)c1. The summed E-state index contributed by atoms with van der Waals surface area (Å²) >= 11 is 11.7. The summed E-state index contributed by atoms with van der Waals surface area (Å²) in [6.07, 6.45) is 0. The van der Waals surface area contributed by atoms with Gasteiger partial charge in [0.25, 0.3) is 5.91 Å². The standard InChI is InChI=1S/C16H13Cl2NO5/c1-23-14-6-9(16(21)22)2-5-13(14)24-8-15(20)19-10-3-4-11(17)12(18)7-10/h2-7H,8H2,1H3,(H,19,20)(H,21,22). The molecule has 0 aliphatic rings. The second-order valence-electron chi connectivity index (χ2n) is 4.64. The molecule has 0 aliphatic carbocycles. The lowest BCUT2D eigenvalue weighted by Crippen LogP contribution is -2.20. The molecule has 2 rings (SSSR count). The van der Waals surface area contributed by atoms with E-state index < -0.39 is 11.9 Å². The Kier molecular flexibility index (Phi) is 5.89. The van der Waals surface area contributed by atoms with Crippen molar-refractivity contribution in [2.75, 3.05) is 19.0 Å². The first-order valence-electron chi connectivity index (χ1n) is 6.69. The van der Waals surface area contributed by atoms with E-state index in [0.717, 1.165) is 0 Å². The Hall–Kier alpha value is -2.44. The highest BCUT2D eigenvalue weighted by Crippen LogP contribution is 2.28. The van der Waals surface area contributed by atoms with Gasteiger partial charge in [-0.3, -0.25) is 4.79 Å². The third-order valence-electron chi connectivity index (χ3n) is 2.97. The number of carboxylic acid groups (broad SMARTS) is 1. The Bertz CT molecular complexity index is 779. The summed E-state index contributed by atoms with van der Waals surface area (Å²) in [4.78, 5) is 22.8. The van der Waals surface area contributed by atoms with E-state index in [4.69, 9.17) is 37.8 Å². The van der Waals surface area contributed by atoms with Crippen LogP contribution in [0.25, 0.3) is 0 Å². The molecule has 0 aliphatic heterocycles. The van der Waals surface area contributed by atoms with Gasteiger partial charge in [-0.1, -0.05) is 23.2 Å². The minimum Gasteiger partial charge on any atom is -0.493 e. The van der Waals surface area contributed by atoms with E-state index in [1.165, 1.54) is 31.4 Å². The zero-order valence-corrected chi connectivity index (χ0v) is 14.0. The van der Waals surface area contributed by atoms with E-state index in [2.05, 4.69) is 5.32 Å². The maximum absolute atomic E-state index is 11.9. The zero-order chi connectivity index (χ0) is 17.7. The second-order valence-corrected chi connectivity index (χ2v) is 5.45. The number of halogens is 2. The first kappa shape index (κ1) is 17.9. The van der Waals surface area contributed by atoms with Gasteiger partial charge in [0.1, 0.15) is 0 Å². The van der Waals surface area contributed by atoms with Gasteiger partial charge in [-0.15, -0.1) is 0 Å². The van der Waals surface area contributed by atoms with Gasteiger partial charge in [0, 0.05) is 5.69 Å². The van der Waals surface area contributed by atoms with Gasteiger partial charge in [-0.05, 0) is 36.4 Å².